The van der Waals surface area contributed by atoms with Crippen LogP contribution in [0.15, 0.2) is 51.7 Å². The molecule has 3 aromatic rings. The van der Waals surface area contributed by atoms with Gasteiger partial charge >= 0.3 is 0 Å². The second-order valence-electron chi connectivity index (χ2n) is 4.25. The van der Waals surface area contributed by atoms with E-state index in [4.69, 9.17) is 5.21 Å². The van der Waals surface area contributed by atoms with Crippen LogP contribution in [-0.4, -0.2) is 14.8 Å². The Morgan fingerprint density at radius 1 is 1.25 bits per heavy atom. The number of nitrogens with zero attached hydrogens (tertiary/aromatic N) is 3. The van der Waals surface area contributed by atoms with E-state index < -0.39 is 5.56 Å². The predicted octanol–water partition coefficient (Wildman–Crippen LogP) is 1.95. The minimum absolute atomic E-state index is 0.213. The molecule has 20 heavy (non-hydrogen) atoms. The number of benzene rings is 1. The number of aromatic nitrogens is 2. The van der Waals surface area contributed by atoms with Crippen LogP contribution in [0.3, 0.4) is 0 Å². The standard InChI is InChI=1S/C14H11N3O2S/c1-17-13(18)12(16-19)15-11(9-5-3-2-4-6-9)10-7-8-20-14(10)17/h2-8,19H,1H3/b16-12-. The maximum Gasteiger partial charge on any atom is 0.299 e. The lowest BCUT2D eigenvalue weighted by atomic mass is 10.1. The molecule has 0 radical (unpaired) electrons. The minimum atomic E-state index is -0.429. The van der Waals surface area contributed by atoms with E-state index in [-0.39, 0.29) is 5.49 Å². The monoisotopic (exact) mass is 285 g/mol. The first-order valence-corrected chi connectivity index (χ1v) is 6.82. The summed E-state index contributed by atoms with van der Waals surface area (Å²) in [4.78, 5) is 17.2. The normalized spacial score (nSPS) is 11.9. The minimum Gasteiger partial charge on any atom is -0.409 e. The number of hydrogen-bond acceptors (Lipinski definition) is 5. The number of rotatable bonds is 1. The molecule has 6 heteroatoms. The molecule has 0 atom stereocenters. The lowest BCUT2D eigenvalue weighted by Crippen LogP contribution is -2.32. The highest BCUT2D eigenvalue weighted by molar-refractivity contribution is 7.16. The summed E-state index contributed by atoms with van der Waals surface area (Å²) in [6.45, 7) is 0. The van der Waals surface area contributed by atoms with Crippen LogP contribution < -0.4 is 11.0 Å². The highest BCUT2D eigenvalue weighted by atomic mass is 32.1. The third-order valence-electron chi connectivity index (χ3n) is 3.06. The van der Waals surface area contributed by atoms with E-state index in [9.17, 15) is 4.79 Å². The van der Waals surface area contributed by atoms with Crippen LogP contribution in [0.25, 0.3) is 21.5 Å². The topological polar surface area (TPSA) is 67.5 Å². The molecule has 2 heterocycles. The number of aryl methyl sites for hydroxylation is 1. The average Bonchev–Trinajstić information content (AvgIpc) is 2.94. The molecule has 0 aliphatic carbocycles. The van der Waals surface area contributed by atoms with Crippen LogP contribution >= 0.6 is 11.3 Å². The fourth-order valence-corrected chi connectivity index (χ4v) is 2.94. The molecule has 0 saturated carbocycles. The Morgan fingerprint density at radius 2 is 2.00 bits per heavy atom. The zero-order chi connectivity index (χ0) is 14.1. The van der Waals surface area contributed by atoms with Crippen molar-refractivity contribution in [2.75, 3.05) is 0 Å². The summed E-state index contributed by atoms with van der Waals surface area (Å²) in [6, 6.07) is 11.4. The van der Waals surface area contributed by atoms with Crippen molar-refractivity contribution in [3.05, 3.63) is 57.6 Å². The van der Waals surface area contributed by atoms with Gasteiger partial charge in [-0.3, -0.25) is 9.36 Å². The molecule has 0 spiro atoms. The Balaban J connectivity index is 2.57. The van der Waals surface area contributed by atoms with Crippen LogP contribution in [0, 0.1) is 0 Å². The number of thiophene rings is 1. The van der Waals surface area contributed by atoms with Crippen LogP contribution in [0.4, 0.5) is 0 Å². The molecule has 0 unspecified atom stereocenters. The first kappa shape index (κ1) is 12.6. The van der Waals surface area contributed by atoms with Crippen molar-refractivity contribution in [3.63, 3.8) is 0 Å². The maximum atomic E-state index is 12.1. The van der Waals surface area contributed by atoms with Crippen molar-refractivity contribution in [1.82, 2.24) is 9.55 Å². The summed E-state index contributed by atoms with van der Waals surface area (Å²) < 4.78 is 1.45. The molecule has 0 saturated heterocycles. The Bertz CT molecular complexity index is 898. The molecule has 3 rings (SSSR count). The summed E-state index contributed by atoms with van der Waals surface area (Å²) in [5, 5.41) is 14.8. The van der Waals surface area contributed by atoms with Gasteiger partial charge in [-0.05, 0) is 11.4 Å². The van der Waals surface area contributed by atoms with E-state index in [2.05, 4.69) is 10.1 Å². The van der Waals surface area contributed by atoms with Gasteiger partial charge in [-0.1, -0.05) is 35.5 Å². The molecular formula is C14H11N3O2S. The molecule has 0 aliphatic rings. The largest absolute Gasteiger partial charge is 0.409 e. The van der Waals surface area contributed by atoms with Gasteiger partial charge in [0.05, 0.1) is 5.69 Å². The van der Waals surface area contributed by atoms with Crippen molar-refractivity contribution < 1.29 is 5.21 Å². The van der Waals surface area contributed by atoms with Crippen LogP contribution in [0.1, 0.15) is 0 Å². The molecule has 1 N–H and O–H groups in total. The predicted molar refractivity (Wildman–Crippen MR) is 77.6 cm³/mol. The number of fused-ring (bicyclic) bond motifs is 1. The van der Waals surface area contributed by atoms with Crippen molar-refractivity contribution in [3.8, 4) is 11.3 Å². The zero-order valence-electron chi connectivity index (χ0n) is 10.6. The Kier molecular flexibility index (Phi) is 3.08. The van der Waals surface area contributed by atoms with E-state index in [1.807, 2.05) is 41.8 Å². The van der Waals surface area contributed by atoms with Gasteiger partial charge in [0.15, 0.2) is 0 Å². The third-order valence-corrected chi connectivity index (χ3v) is 4.05. The summed E-state index contributed by atoms with van der Waals surface area (Å²) in [5.74, 6) is 0. The lowest BCUT2D eigenvalue weighted by molar-refractivity contribution is 0.297. The van der Waals surface area contributed by atoms with Gasteiger partial charge in [-0.15, -0.1) is 11.3 Å². The molecule has 5 nitrogen and oxygen atoms in total. The quantitative estimate of drug-likeness (QED) is 0.549. The fraction of sp³-hybridized carbons (Fsp3) is 0.0714. The van der Waals surface area contributed by atoms with Crippen molar-refractivity contribution in [2.24, 2.45) is 12.2 Å². The van der Waals surface area contributed by atoms with Gasteiger partial charge in [0.1, 0.15) is 4.83 Å². The van der Waals surface area contributed by atoms with Gasteiger partial charge in [0, 0.05) is 18.0 Å². The molecule has 100 valence electrons. The Hall–Kier alpha value is -2.47. The van der Waals surface area contributed by atoms with Gasteiger partial charge in [-0.25, -0.2) is 4.98 Å². The highest BCUT2D eigenvalue weighted by Crippen LogP contribution is 2.27. The first-order valence-electron chi connectivity index (χ1n) is 5.94. The summed E-state index contributed by atoms with van der Waals surface area (Å²) in [7, 11) is 1.65. The fourth-order valence-electron chi connectivity index (χ4n) is 2.08. The molecule has 0 bridgehead atoms. The Morgan fingerprint density at radius 3 is 2.70 bits per heavy atom. The first-order chi connectivity index (χ1) is 9.72. The summed E-state index contributed by atoms with van der Waals surface area (Å²) in [6.07, 6.45) is 0. The second kappa shape index (κ2) is 4.90. The summed E-state index contributed by atoms with van der Waals surface area (Å²) in [5.41, 5.74) is 0.862. The van der Waals surface area contributed by atoms with Crippen LogP contribution in [0.2, 0.25) is 0 Å². The van der Waals surface area contributed by atoms with Crippen LogP contribution in [0.5, 0.6) is 0 Å². The molecule has 0 aliphatic heterocycles. The van der Waals surface area contributed by atoms with E-state index in [0.29, 0.717) is 5.69 Å². The summed E-state index contributed by atoms with van der Waals surface area (Å²) >= 11 is 1.45. The van der Waals surface area contributed by atoms with Gasteiger partial charge in [-0.2, -0.15) is 0 Å². The van der Waals surface area contributed by atoms with Crippen molar-refractivity contribution in [1.29, 1.82) is 0 Å². The Labute approximate surface area is 118 Å². The van der Waals surface area contributed by atoms with Gasteiger partial charge in [0.2, 0.25) is 0 Å². The molecule has 0 fully saturated rings. The molecule has 0 amide bonds. The lowest BCUT2D eigenvalue weighted by Gasteiger charge is -1.98. The van der Waals surface area contributed by atoms with Crippen molar-refractivity contribution >= 4 is 21.6 Å². The van der Waals surface area contributed by atoms with Crippen LogP contribution in [-0.2, 0) is 7.05 Å². The molecule has 1 aromatic carbocycles. The second-order valence-corrected chi connectivity index (χ2v) is 5.15. The third kappa shape index (κ3) is 1.90. The smallest absolute Gasteiger partial charge is 0.299 e. The van der Waals surface area contributed by atoms with Gasteiger partial charge < -0.3 is 5.21 Å². The SMILES string of the molecule is Cn1c(=O)/c(=N/O)nc(-c2ccccc2)c2ccsc21. The zero-order valence-corrected chi connectivity index (χ0v) is 11.5. The van der Waals surface area contributed by atoms with E-state index in [1.54, 1.807) is 7.05 Å². The van der Waals surface area contributed by atoms with E-state index in [1.165, 1.54) is 15.9 Å². The number of hydrogen-bond donors (Lipinski definition) is 1. The van der Waals surface area contributed by atoms with Gasteiger partial charge in [0.25, 0.3) is 11.0 Å². The van der Waals surface area contributed by atoms with E-state index >= 15 is 0 Å². The highest BCUT2D eigenvalue weighted by Gasteiger charge is 2.10. The maximum absolute atomic E-state index is 12.1. The molecular weight excluding hydrogens is 274 g/mol. The molecule has 2 aromatic heterocycles. The average molecular weight is 285 g/mol. The van der Waals surface area contributed by atoms with E-state index in [0.717, 1.165) is 15.8 Å². The van der Waals surface area contributed by atoms with Crippen molar-refractivity contribution in [2.45, 2.75) is 0 Å².